The fraction of sp³-hybridized carbons (Fsp3) is 0.250. The summed E-state index contributed by atoms with van der Waals surface area (Å²) >= 11 is 1.61. The van der Waals surface area contributed by atoms with Gasteiger partial charge in [-0.2, -0.15) is 0 Å². The first kappa shape index (κ1) is 18.1. The molecule has 0 radical (unpaired) electrons. The van der Waals surface area contributed by atoms with E-state index in [4.69, 9.17) is 0 Å². The number of benzene rings is 2. The number of rotatable bonds is 3. The fourth-order valence-corrected chi connectivity index (χ4v) is 5.47. The Morgan fingerprint density at radius 1 is 1.04 bits per heavy atom. The summed E-state index contributed by atoms with van der Waals surface area (Å²) in [7, 11) is -3.85. The van der Waals surface area contributed by atoms with E-state index in [9.17, 15) is 13.2 Å². The molecule has 27 heavy (non-hydrogen) atoms. The smallest absolute Gasteiger partial charge is 0.267 e. The summed E-state index contributed by atoms with van der Waals surface area (Å²) in [6, 6.07) is 14.7. The predicted molar refractivity (Wildman–Crippen MR) is 108 cm³/mol. The van der Waals surface area contributed by atoms with Gasteiger partial charge in [-0.05, 0) is 49.4 Å². The SMILES string of the molecule is CSc1cccc(N2C=C(C(=O)N3CCCC3)S(=O)(=O)c3ccccc32)c1. The van der Waals surface area contributed by atoms with Crippen molar-refractivity contribution in [1.82, 2.24) is 4.90 Å². The largest absolute Gasteiger partial charge is 0.338 e. The number of hydrogen-bond acceptors (Lipinski definition) is 5. The van der Waals surface area contributed by atoms with Crippen molar-refractivity contribution in [2.24, 2.45) is 0 Å². The van der Waals surface area contributed by atoms with Gasteiger partial charge in [0.25, 0.3) is 5.91 Å². The molecular weight excluding hydrogens is 380 g/mol. The van der Waals surface area contributed by atoms with Crippen molar-refractivity contribution in [3.05, 3.63) is 59.6 Å². The van der Waals surface area contributed by atoms with Gasteiger partial charge in [-0.1, -0.05) is 18.2 Å². The number of carbonyl (C=O) groups excluding carboxylic acids is 1. The van der Waals surface area contributed by atoms with Gasteiger partial charge in [-0.25, -0.2) is 8.42 Å². The van der Waals surface area contributed by atoms with E-state index in [0.717, 1.165) is 23.4 Å². The van der Waals surface area contributed by atoms with Crippen LogP contribution in [0.25, 0.3) is 0 Å². The second-order valence-corrected chi connectivity index (χ2v) is 9.30. The number of amides is 1. The van der Waals surface area contributed by atoms with Gasteiger partial charge >= 0.3 is 0 Å². The number of sulfone groups is 1. The van der Waals surface area contributed by atoms with Crippen molar-refractivity contribution < 1.29 is 13.2 Å². The number of carbonyl (C=O) groups is 1. The zero-order valence-electron chi connectivity index (χ0n) is 15.0. The molecule has 0 aromatic heterocycles. The first-order valence-electron chi connectivity index (χ1n) is 8.81. The molecule has 0 unspecified atom stereocenters. The van der Waals surface area contributed by atoms with Crippen LogP contribution in [-0.4, -0.2) is 38.6 Å². The van der Waals surface area contributed by atoms with Crippen molar-refractivity contribution >= 4 is 38.9 Å². The third kappa shape index (κ3) is 3.15. The molecule has 0 bridgehead atoms. The number of hydrogen-bond donors (Lipinski definition) is 0. The average Bonchev–Trinajstić information content (AvgIpc) is 3.23. The van der Waals surface area contributed by atoms with Gasteiger partial charge in [0.05, 0.1) is 10.6 Å². The van der Waals surface area contributed by atoms with Crippen molar-refractivity contribution in [1.29, 1.82) is 0 Å². The second kappa shape index (κ2) is 7.05. The predicted octanol–water partition coefficient (Wildman–Crippen LogP) is 3.80. The molecule has 0 aliphatic carbocycles. The molecule has 2 aromatic rings. The van der Waals surface area contributed by atoms with E-state index in [0.29, 0.717) is 18.8 Å². The van der Waals surface area contributed by atoms with Crippen molar-refractivity contribution in [2.75, 3.05) is 24.2 Å². The standard InChI is InChI=1S/C20H20N2O3S2/c1-26-16-8-6-7-15(13-16)22-14-19(20(23)21-11-4-5-12-21)27(24,25)18-10-3-2-9-17(18)22/h2-3,6-10,13-14H,4-5,11-12H2,1H3. The number of anilines is 2. The monoisotopic (exact) mass is 400 g/mol. The quantitative estimate of drug-likeness (QED) is 0.734. The third-order valence-corrected chi connectivity index (χ3v) is 7.39. The van der Waals surface area contributed by atoms with E-state index >= 15 is 0 Å². The minimum Gasteiger partial charge on any atom is -0.338 e. The molecule has 1 saturated heterocycles. The molecule has 2 aliphatic heterocycles. The molecule has 0 N–H and O–H groups in total. The van der Waals surface area contributed by atoms with E-state index in [-0.39, 0.29) is 9.80 Å². The molecule has 7 heteroatoms. The molecule has 0 atom stereocenters. The highest BCUT2D eigenvalue weighted by atomic mass is 32.2. The highest BCUT2D eigenvalue weighted by molar-refractivity contribution is 7.98. The lowest BCUT2D eigenvalue weighted by atomic mass is 10.2. The summed E-state index contributed by atoms with van der Waals surface area (Å²) in [5, 5.41) is 0. The van der Waals surface area contributed by atoms with E-state index in [2.05, 4.69) is 0 Å². The Morgan fingerprint density at radius 2 is 1.78 bits per heavy atom. The number of nitrogens with zero attached hydrogens (tertiary/aromatic N) is 2. The van der Waals surface area contributed by atoms with E-state index in [1.165, 1.54) is 6.20 Å². The Morgan fingerprint density at radius 3 is 2.52 bits per heavy atom. The summed E-state index contributed by atoms with van der Waals surface area (Å²) in [5.41, 5.74) is 1.39. The first-order chi connectivity index (χ1) is 13.0. The van der Waals surface area contributed by atoms with E-state index in [1.807, 2.05) is 30.5 Å². The minimum atomic E-state index is -3.85. The summed E-state index contributed by atoms with van der Waals surface area (Å²) in [6.07, 6.45) is 5.30. The Balaban J connectivity index is 1.88. The van der Waals surface area contributed by atoms with Crippen LogP contribution in [0, 0.1) is 0 Å². The maximum Gasteiger partial charge on any atom is 0.267 e. The lowest BCUT2D eigenvalue weighted by Gasteiger charge is -2.30. The van der Waals surface area contributed by atoms with Crippen LogP contribution < -0.4 is 4.90 Å². The zero-order chi connectivity index (χ0) is 19.0. The molecule has 1 amide bonds. The Kier molecular flexibility index (Phi) is 4.74. The van der Waals surface area contributed by atoms with Gasteiger partial charge in [0.15, 0.2) is 4.91 Å². The molecule has 2 heterocycles. The van der Waals surface area contributed by atoms with Crippen LogP contribution in [-0.2, 0) is 14.6 Å². The van der Waals surface area contributed by atoms with Crippen LogP contribution in [0.1, 0.15) is 12.8 Å². The molecule has 5 nitrogen and oxygen atoms in total. The Labute approximate surface area is 163 Å². The second-order valence-electron chi connectivity index (χ2n) is 6.54. The van der Waals surface area contributed by atoms with Gasteiger partial charge < -0.3 is 9.80 Å². The number of likely N-dealkylation sites (tertiary alicyclic amines) is 1. The summed E-state index contributed by atoms with van der Waals surface area (Å²) in [6.45, 7) is 1.21. The topological polar surface area (TPSA) is 57.7 Å². The fourth-order valence-electron chi connectivity index (χ4n) is 3.48. The first-order valence-corrected chi connectivity index (χ1v) is 11.5. The van der Waals surface area contributed by atoms with Crippen LogP contribution in [0.3, 0.4) is 0 Å². The summed E-state index contributed by atoms with van der Waals surface area (Å²) in [4.78, 5) is 17.5. The highest BCUT2D eigenvalue weighted by Crippen LogP contribution is 2.40. The van der Waals surface area contributed by atoms with Crippen LogP contribution in [0.15, 0.2) is 69.4 Å². The van der Waals surface area contributed by atoms with Crippen LogP contribution in [0.4, 0.5) is 11.4 Å². The highest BCUT2D eigenvalue weighted by Gasteiger charge is 2.38. The van der Waals surface area contributed by atoms with Crippen LogP contribution in [0.5, 0.6) is 0 Å². The number of fused-ring (bicyclic) bond motifs is 1. The van der Waals surface area contributed by atoms with Crippen LogP contribution in [0.2, 0.25) is 0 Å². The maximum atomic E-state index is 13.2. The Bertz CT molecular complexity index is 1030. The van der Waals surface area contributed by atoms with Gasteiger partial charge in [-0.3, -0.25) is 4.79 Å². The molecule has 0 spiro atoms. The molecular formula is C20H20N2O3S2. The average molecular weight is 401 g/mol. The van der Waals surface area contributed by atoms with Gasteiger partial charge in [0, 0.05) is 29.9 Å². The van der Waals surface area contributed by atoms with Gasteiger partial charge in [0.1, 0.15) is 0 Å². The van der Waals surface area contributed by atoms with Crippen molar-refractivity contribution in [2.45, 2.75) is 22.6 Å². The van der Waals surface area contributed by atoms with Gasteiger partial charge in [0.2, 0.25) is 9.84 Å². The summed E-state index contributed by atoms with van der Waals surface area (Å²) < 4.78 is 26.3. The molecule has 0 saturated carbocycles. The van der Waals surface area contributed by atoms with Crippen molar-refractivity contribution in [3.63, 3.8) is 0 Å². The number of para-hydroxylation sites is 1. The maximum absolute atomic E-state index is 13.2. The lowest BCUT2D eigenvalue weighted by molar-refractivity contribution is -0.125. The minimum absolute atomic E-state index is 0.155. The molecule has 2 aliphatic rings. The van der Waals surface area contributed by atoms with E-state index in [1.54, 1.807) is 45.8 Å². The number of thioether (sulfide) groups is 1. The lowest BCUT2D eigenvalue weighted by Crippen LogP contribution is -2.35. The molecule has 140 valence electrons. The third-order valence-electron chi connectivity index (χ3n) is 4.89. The van der Waals surface area contributed by atoms with E-state index < -0.39 is 15.7 Å². The van der Waals surface area contributed by atoms with Crippen LogP contribution >= 0.6 is 11.8 Å². The normalized spacial score (nSPS) is 18.2. The summed E-state index contributed by atoms with van der Waals surface area (Å²) in [5.74, 6) is -0.409. The van der Waals surface area contributed by atoms with Gasteiger partial charge in [-0.15, -0.1) is 11.8 Å². The molecule has 2 aromatic carbocycles. The Hall–Kier alpha value is -2.25. The van der Waals surface area contributed by atoms with Crippen molar-refractivity contribution in [3.8, 4) is 0 Å². The molecule has 4 rings (SSSR count). The molecule has 1 fully saturated rings. The zero-order valence-corrected chi connectivity index (χ0v) is 16.6.